The minimum atomic E-state index is -0.106. The summed E-state index contributed by atoms with van der Waals surface area (Å²) in [7, 11) is 0. The summed E-state index contributed by atoms with van der Waals surface area (Å²) in [5.41, 5.74) is 0.109. The zero-order chi connectivity index (χ0) is 14.4. The summed E-state index contributed by atoms with van der Waals surface area (Å²) < 4.78 is 6.16. The van der Waals surface area contributed by atoms with Crippen LogP contribution in [0.2, 0.25) is 0 Å². The zero-order valence-electron chi connectivity index (χ0n) is 13.3. The van der Waals surface area contributed by atoms with Crippen molar-refractivity contribution in [2.45, 2.75) is 76.9 Å². The topological polar surface area (TPSA) is 29.5 Å². The van der Waals surface area contributed by atoms with Gasteiger partial charge in [0.05, 0.1) is 11.7 Å². The number of aliphatic hydroxyl groups is 1. The Balaban J connectivity index is 1.95. The van der Waals surface area contributed by atoms with Gasteiger partial charge in [0.15, 0.2) is 0 Å². The first-order valence-corrected chi connectivity index (χ1v) is 9.76. The van der Waals surface area contributed by atoms with Crippen molar-refractivity contribution in [3.8, 4) is 0 Å². The predicted molar refractivity (Wildman–Crippen MR) is 87.3 cm³/mol. The molecule has 0 aromatic rings. The fourth-order valence-electron chi connectivity index (χ4n) is 4.06. The smallest absolute Gasteiger partial charge is 0.0701 e. The lowest BCUT2D eigenvalue weighted by molar-refractivity contribution is -0.128. The highest BCUT2D eigenvalue weighted by atomic mass is 32.2. The average Bonchev–Trinajstić information content (AvgIpc) is 2.47. The SMILES string of the molecule is CCCC(CCC)C(O)C1CCOC2(CCSCC2)C1. The molecule has 0 aliphatic carbocycles. The van der Waals surface area contributed by atoms with Gasteiger partial charge in [0.25, 0.3) is 0 Å². The van der Waals surface area contributed by atoms with E-state index in [0.717, 1.165) is 19.4 Å². The van der Waals surface area contributed by atoms with Gasteiger partial charge in [-0.3, -0.25) is 0 Å². The molecule has 0 amide bonds. The number of aliphatic hydroxyl groups excluding tert-OH is 1. The summed E-state index contributed by atoms with van der Waals surface area (Å²) >= 11 is 2.05. The Kier molecular flexibility index (Phi) is 6.70. The number of hydrogen-bond acceptors (Lipinski definition) is 3. The Morgan fingerprint density at radius 1 is 1.20 bits per heavy atom. The van der Waals surface area contributed by atoms with Crippen molar-refractivity contribution in [3.05, 3.63) is 0 Å². The zero-order valence-corrected chi connectivity index (χ0v) is 14.1. The highest BCUT2D eigenvalue weighted by Crippen LogP contribution is 2.42. The molecule has 0 aromatic heterocycles. The molecule has 1 spiro atoms. The van der Waals surface area contributed by atoms with Crippen molar-refractivity contribution in [2.75, 3.05) is 18.1 Å². The van der Waals surface area contributed by atoms with E-state index >= 15 is 0 Å². The molecule has 2 fully saturated rings. The van der Waals surface area contributed by atoms with Crippen molar-refractivity contribution >= 4 is 11.8 Å². The number of ether oxygens (including phenoxy) is 1. The van der Waals surface area contributed by atoms with Crippen molar-refractivity contribution in [3.63, 3.8) is 0 Å². The minimum Gasteiger partial charge on any atom is -0.393 e. The van der Waals surface area contributed by atoms with Crippen LogP contribution in [0.5, 0.6) is 0 Å². The van der Waals surface area contributed by atoms with Crippen LogP contribution in [0.3, 0.4) is 0 Å². The predicted octanol–water partition coefficient (Wildman–Crippen LogP) is 4.26. The Hall–Kier alpha value is 0.270. The fraction of sp³-hybridized carbons (Fsp3) is 1.00. The van der Waals surface area contributed by atoms with E-state index in [9.17, 15) is 5.11 Å². The van der Waals surface area contributed by atoms with Gasteiger partial charge in [-0.15, -0.1) is 0 Å². The first-order valence-electron chi connectivity index (χ1n) is 8.60. The fourth-order valence-corrected chi connectivity index (χ4v) is 5.30. The molecule has 118 valence electrons. The molecule has 2 heterocycles. The molecule has 2 aliphatic rings. The van der Waals surface area contributed by atoms with E-state index in [1.807, 2.05) is 0 Å². The van der Waals surface area contributed by atoms with E-state index in [1.54, 1.807) is 0 Å². The van der Waals surface area contributed by atoms with Crippen LogP contribution in [-0.2, 0) is 4.74 Å². The van der Waals surface area contributed by atoms with Crippen LogP contribution < -0.4 is 0 Å². The van der Waals surface area contributed by atoms with Crippen LogP contribution in [0.15, 0.2) is 0 Å². The van der Waals surface area contributed by atoms with E-state index < -0.39 is 0 Å². The van der Waals surface area contributed by atoms with Gasteiger partial charge in [0.2, 0.25) is 0 Å². The van der Waals surface area contributed by atoms with Crippen LogP contribution in [0.25, 0.3) is 0 Å². The first-order chi connectivity index (χ1) is 9.71. The third-order valence-electron chi connectivity index (χ3n) is 5.22. The summed E-state index contributed by atoms with van der Waals surface area (Å²) in [6, 6.07) is 0. The molecule has 1 N–H and O–H groups in total. The number of thioether (sulfide) groups is 1. The molecule has 0 aromatic carbocycles. The molecule has 0 bridgehead atoms. The van der Waals surface area contributed by atoms with E-state index in [4.69, 9.17) is 4.74 Å². The molecule has 2 nitrogen and oxygen atoms in total. The van der Waals surface area contributed by atoms with E-state index in [0.29, 0.717) is 11.8 Å². The van der Waals surface area contributed by atoms with E-state index in [-0.39, 0.29) is 11.7 Å². The molecule has 20 heavy (non-hydrogen) atoms. The summed E-state index contributed by atoms with van der Waals surface area (Å²) in [4.78, 5) is 0. The summed E-state index contributed by atoms with van der Waals surface area (Å²) in [6.07, 6.45) is 9.15. The highest BCUT2D eigenvalue weighted by molar-refractivity contribution is 7.99. The van der Waals surface area contributed by atoms with Gasteiger partial charge in [0.1, 0.15) is 0 Å². The van der Waals surface area contributed by atoms with Crippen molar-refractivity contribution < 1.29 is 9.84 Å². The lowest BCUT2D eigenvalue weighted by atomic mass is 9.75. The second-order valence-corrected chi connectivity index (χ2v) is 7.95. The maximum absolute atomic E-state index is 10.8. The third-order valence-corrected chi connectivity index (χ3v) is 6.21. The lowest BCUT2D eigenvalue weighted by Crippen LogP contribution is -2.46. The van der Waals surface area contributed by atoms with Crippen molar-refractivity contribution in [1.29, 1.82) is 0 Å². The largest absolute Gasteiger partial charge is 0.393 e. The van der Waals surface area contributed by atoms with Gasteiger partial charge >= 0.3 is 0 Å². The summed E-state index contributed by atoms with van der Waals surface area (Å²) in [5, 5.41) is 10.8. The summed E-state index contributed by atoms with van der Waals surface area (Å²) in [5.74, 6) is 3.44. The molecular formula is C17H32O2S. The summed E-state index contributed by atoms with van der Waals surface area (Å²) in [6.45, 7) is 5.33. The van der Waals surface area contributed by atoms with Gasteiger partial charge in [-0.1, -0.05) is 26.7 Å². The third kappa shape index (κ3) is 4.14. The molecule has 2 aliphatic heterocycles. The van der Waals surface area contributed by atoms with Gasteiger partial charge in [0, 0.05) is 6.61 Å². The van der Waals surface area contributed by atoms with Crippen molar-refractivity contribution in [1.82, 2.24) is 0 Å². The van der Waals surface area contributed by atoms with Gasteiger partial charge in [-0.05, 0) is 61.9 Å². The van der Waals surface area contributed by atoms with Crippen molar-refractivity contribution in [2.24, 2.45) is 11.8 Å². The molecule has 2 unspecified atom stereocenters. The second kappa shape index (κ2) is 8.05. The number of rotatable bonds is 6. The number of hydrogen-bond donors (Lipinski definition) is 1. The molecule has 2 saturated heterocycles. The molecule has 2 rings (SSSR count). The Bertz CT molecular complexity index is 265. The molecular weight excluding hydrogens is 268 g/mol. The monoisotopic (exact) mass is 300 g/mol. The minimum absolute atomic E-state index is 0.106. The lowest BCUT2D eigenvalue weighted by Gasteiger charge is -2.45. The van der Waals surface area contributed by atoms with Crippen LogP contribution in [0.1, 0.15) is 65.2 Å². The second-order valence-electron chi connectivity index (χ2n) is 6.72. The first kappa shape index (κ1) is 16.6. The van der Waals surface area contributed by atoms with Crippen LogP contribution >= 0.6 is 11.8 Å². The molecule has 0 radical (unpaired) electrons. The maximum atomic E-state index is 10.8. The van der Waals surface area contributed by atoms with Crippen LogP contribution in [0.4, 0.5) is 0 Å². The van der Waals surface area contributed by atoms with E-state index in [1.165, 1.54) is 50.0 Å². The van der Waals surface area contributed by atoms with Gasteiger partial charge in [-0.25, -0.2) is 0 Å². The molecule has 0 saturated carbocycles. The normalized spacial score (nSPS) is 27.9. The molecule has 2 atom stereocenters. The van der Waals surface area contributed by atoms with Crippen LogP contribution in [0, 0.1) is 11.8 Å². The van der Waals surface area contributed by atoms with Gasteiger partial charge < -0.3 is 9.84 Å². The maximum Gasteiger partial charge on any atom is 0.0701 e. The standard InChI is InChI=1S/C17H32O2S/c1-3-5-14(6-4-2)16(18)15-7-10-19-17(13-15)8-11-20-12-9-17/h14-16,18H,3-13H2,1-2H3. The Morgan fingerprint density at radius 2 is 1.85 bits per heavy atom. The highest BCUT2D eigenvalue weighted by Gasteiger charge is 2.41. The van der Waals surface area contributed by atoms with Crippen LogP contribution in [-0.4, -0.2) is 34.9 Å². The average molecular weight is 301 g/mol. The Labute approximate surface area is 129 Å². The van der Waals surface area contributed by atoms with Gasteiger partial charge in [-0.2, -0.15) is 11.8 Å². The van der Waals surface area contributed by atoms with E-state index in [2.05, 4.69) is 25.6 Å². The molecule has 3 heteroatoms. The quantitative estimate of drug-likeness (QED) is 0.795. The Morgan fingerprint density at radius 3 is 2.45 bits per heavy atom.